The molecule has 1 aromatic rings. The molecule has 1 aliphatic rings. The number of para-hydroxylation sites is 1. The Morgan fingerprint density at radius 1 is 1.27 bits per heavy atom. The Bertz CT molecular complexity index is 571. The smallest absolute Gasteiger partial charge is 0.215 e. The third-order valence-corrected chi connectivity index (χ3v) is 6.06. The molecule has 0 aromatic heterocycles. The van der Waals surface area contributed by atoms with Gasteiger partial charge >= 0.3 is 0 Å². The van der Waals surface area contributed by atoms with Crippen molar-refractivity contribution in [2.45, 2.75) is 32.7 Å². The largest absolute Gasteiger partial charge is 0.493 e. The van der Waals surface area contributed by atoms with E-state index in [2.05, 4.69) is 11.4 Å². The van der Waals surface area contributed by atoms with Crippen molar-refractivity contribution in [1.29, 1.82) is 0 Å². The Morgan fingerprint density at radius 3 is 2.73 bits per heavy atom. The van der Waals surface area contributed by atoms with Gasteiger partial charge in [-0.2, -0.15) is 0 Å². The maximum Gasteiger partial charge on any atom is 0.215 e. The van der Waals surface area contributed by atoms with Crippen molar-refractivity contribution >= 4 is 10.0 Å². The molecule has 0 aliphatic carbocycles. The van der Waals surface area contributed by atoms with Crippen LogP contribution in [0.4, 0.5) is 0 Å². The zero-order chi connectivity index (χ0) is 16.0. The monoisotopic (exact) mass is 326 g/mol. The molecule has 6 heteroatoms. The summed E-state index contributed by atoms with van der Waals surface area (Å²) >= 11 is 0. The van der Waals surface area contributed by atoms with Gasteiger partial charge in [-0.3, -0.25) is 0 Å². The molecule has 22 heavy (non-hydrogen) atoms. The Balaban J connectivity index is 1.97. The fraction of sp³-hybridized carbons (Fsp3) is 0.625. The van der Waals surface area contributed by atoms with E-state index in [1.165, 1.54) is 4.31 Å². The van der Waals surface area contributed by atoms with Gasteiger partial charge in [0.1, 0.15) is 5.75 Å². The van der Waals surface area contributed by atoms with Gasteiger partial charge < -0.3 is 10.1 Å². The van der Waals surface area contributed by atoms with E-state index in [1.54, 1.807) is 0 Å². The summed E-state index contributed by atoms with van der Waals surface area (Å²) in [5.74, 6) is 1.04. The first-order valence-electron chi connectivity index (χ1n) is 8.01. The van der Waals surface area contributed by atoms with Crippen molar-refractivity contribution in [3.63, 3.8) is 0 Å². The fourth-order valence-electron chi connectivity index (χ4n) is 2.85. The molecule has 0 bridgehead atoms. The van der Waals surface area contributed by atoms with Crippen molar-refractivity contribution in [3.05, 3.63) is 29.8 Å². The molecule has 0 saturated carbocycles. The molecule has 1 atom stereocenters. The van der Waals surface area contributed by atoms with E-state index < -0.39 is 10.0 Å². The Morgan fingerprint density at radius 2 is 2.00 bits per heavy atom. The van der Waals surface area contributed by atoms with Crippen LogP contribution in [0.2, 0.25) is 0 Å². The lowest BCUT2D eigenvalue weighted by Crippen LogP contribution is -2.36. The van der Waals surface area contributed by atoms with Crippen molar-refractivity contribution in [2.75, 3.05) is 32.0 Å². The minimum Gasteiger partial charge on any atom is -0.493 e. The Hall–Kier alpha value is -1.11. The van der Waals surface area contributed by atoms with Gasteiger partial charge in [0.2, 0.25) is 10.0 Å². The van der Waals surface area contributed by atoms with Crippen LogP contribution in [-0.2, 0) is 10.0 Å². The van der Waals surface area contributed by atoms with Crippen molar-refractivity contribution < 1.29 is 13.2 Å². The summed E-state index contributed by atoms with van der Waals surface area (Å²) in [7, 11) is -3.17. The summed E-state index contributed by atoms with van der Waals surface area (Å²) in [5.41, 5.74) is 1.13. The molecule has 0 fully saturated rings. The van der Waals surface area contributed by atoms with E-state index in [0.29, 0.717) is 26.2 Å². The molecule has 1 aliphatic heterocycles. The number of ether oxygens (including phenoxy) is 1. The molecule has 2 rings (SSSR count). The second kappa shape index (κ2) is 7.94. The number of rotatable bonds is 7. The van der Waals surface area contributed by atoms with Crippen LogP contribution < -0.4 is 10.1 Å². The van der Waals surface area contributed by atoms with Crippen LogP contribution in [0.5, 0.6) is 5.75 Å². The van der Waals surface area contributed by atoms with E-state index >= 15 is 0 Å². The summed E-state index contributed by atoms with van der Waals surface area (Å²) in [6, 6.07) is 8.14. The van der Waals surface area contributed by atoms with Crippen LogP contribution >= 0.6 is 0 Å². The first-order valence-corrected chi connectivity index (χ1v) is 9.62. The molecular formula is C16H26N2O3S. The van der Waals surface area contributed by atoms with Gasteiger partial charge in [-0.15, -0.1) is 0 Å². The molecule has 0 amide bonds. The van der Waals surface area contributed by atoms with Gasteiger partial charge in [0.05, 0.1) is 12.4 Å². The third-order valence-electron chi connectivity index (χ3n) is 4.04. The summed E-state index contributed by atoms with van der Waals surface area (Å²) < 4.78 is 31.7. The van der Waals surface area contributed by atoms with Crippen LogP contribution in [0.3, 0.4) is 0 Å². The topological polar surface area (TPSA) is 58.6 Å². The SMILES string of the molecule is CCN(CC)S(=O)(=O)CCN[C@@H]1CCCOc2ccccc21. The van der Waals surface area contributed by atoms with Gasteiger partial charge in [0.25, 0.3) is 0 Å². The van der Waals surface area contributed by atoms with Crippen LogP contribution in [0.1, 0.15) is 38.3 Å². The van der Waals surface area contributed by atoms with Gasteiger partial charge in [-0.05, 0) is 18.9 Å². The van der Waals surface area contributed by atoms with Crippen molar-refractivity contribution in [3.8, 4) is 5.75 Å². The van der Waals surface area contributed by atoms with Crippen LogP contribution in [0, 0.1) is 0 Å². The minimum absolute atomic E-state index is 0.133. The lowest BCUT2D eigenvalue weighted by Gasteiger charge is -2.21. The zero-order valence-electron chi connectivity index (χ0n) is 13.4. The maximum atomic E-state index is 12.2. The number of nitrogens with zero attached hydrogens (tertiary/aromatic N) is 1. The lowest BCUT2D eigenvalue weighted by atomic mass is 10.0. The highest BCUT2D eigenvalue weighted by atomic mass is 32.2. The lowest BCUT2D eigenvalue weighted by molar-refractivity contribution is 0.315. The number of fused-ring (bicyclic) bond motifs is 1. The second-order valence-corrected chi connectivity index (χ2v) is 7.52. The molecule has 0 unspecified atom stereocenters. The quantitative estimate of drug-likeness (QED) is 0.834. The third kappa shape index (κ3) is 4.21. The first kappa shape index (κ1) is 17.2. The van der Waals surface area contributed by atoms with E-state index in [0.717, 1.165) is 24.2 Å². The summed E-state index contributed by atoms with van der Waals surface area (Å²) in [4.78, 5) is 0. The number of hydrogen-bond donors (Lipinski definition) is 1. The van der Waals surface area contributed by atoms with Crippen LogP contribution in [0.15, 0.2) is 24.3 Å². The van der Waals surface area contributed by atoms with E-state index in [9.17, 15) is 8.42 Å². The maximum absolute atomic E-state index is 12.2. The minimum atomic E-state index is -3.17. The van der Waals surface area contributed by atoms with E-state index in [1.807, 2.05) is 32.0 Å². The molecule has 1 N–H and O–H groups in total. The van der Waals surface area contributed by atoms with Gasteiger partial charge in [-0.1, -0.05) is 32.0 Å². The molecule has 0 spiro atoms. The standard InChI is InChI=1S/C16H26N2O3S/c1-3-18(4-2)22(19,20)13-11-17-15-9-7-12-21-16-10-6-5-8-14(15)16/h5-6,8,10,15,17H,3-4,7,9,11-13H2,1-2H3/t15-/m1/s1. The molecule has 5 nitrogen and oxygen atoms in total. The summed E-state index contributed by atoms with van der Waals surface area (Å²) in [6.45, 7) is 5.96. The first-order chi connectivity index (χ1) is 10.6. The molecule has 1 aromatic carbocycles. The van der Waals surface area contributed by atoms with Crippen LogP contribution in [0.25, 0.3) is 0 Å². The predicted molar refractivity (Wildman–Crippen MR) is 88.6 cm³/mol. The number of nitrogens with one attached hydrogen (secondary N) is 1. The molecule has 124 valence electrons. The molecule has 1 heterocycles. The highest BCUT2D eigenvalue weighted by Crippen LogP contribution is 2.30. The molecule has 0 saturated heterocycles. The number of sulfonamides is 1. The highest BCUT2D eigenvalue weighted by Gasteiger charge is 2.21. The fourth-order valence-corrected chi connectivity index (χ4v) is 4.27. The zero-order valence-corrected chi connectivity index (χ0v) is 14.2. The summed E-state index contributed by atoms with van der Waals surface area (Å²) in [5, 5.41) is 3.39. The molecular weight excluding hydrogens is 300 g/mol. The number of benzene rings is 1. The van der Waals surface area contributed by atoms with Gasteiger partial charge in [0.15, 0.2) is 0 Å². The van der Waals surface area contributed by atoms with E-state index in [-0.39, 0.29) is 11.8 Å². The second-order valence-electron chi connectivity index (χ2n) is 5.44. The highest BCUT2D eigenvalue weighted by molar-refractivity contribution is 7.89. The normalized spacial score (nSPS) is 18.6. The average Bonchev–Trinajstić information content (AvgIpc) is 2.71. The Kier molecular flexibility index (Phi) is 6.23. The number of hydrogen-bond acceptors (Lipinski definition) is 4. The van der Waals surface area contributed by atoms with Gasteiger partial charge in [0, 0.05) is 31.2 Å². The predicted octanol–water partition coefficient (Wildman–Crippen LogP) is 2.16. The Labute approximate surface area is 133 Å². The van der Waals surface area contributed by atoms with Crippen molar-refractivity contribution in [2.24, 2.45) is 0 Å². The van der Waals surface area contributed by atoms with Crippen LogP contribution in [-0.4, -0.2) is 44.7 Å². The van der Waals surface area contributed by atoms with E-state index in [4.69, 9.17) is 4.74 Å². The average molecular weight is 326 g/mol. The van der Waals surface area contributed by atoms with Crippen molar-refractivity contribution in [1.82, 2.24) is 9.62 Å². The van der Waals surface area contributed by atoms with Gasteiger partial charge in [-0.25, -0.2) is 12.7 Å². The summed E-state index contributed by atoms with van der Waals surface area (Å²) in [6.07, 6.45) is 1.93. The molecule has 0 radical (unpaired) electrons.